The molecule has 0 saturated carbocycles. The molecule has 0 amide bonds. The number of aromatic nitrogens is 1. The summed E-state index contributed by atoms with van der Waals surface area (Å²) < 4.78 is 2.14. The Labute approximate surface area is 227 Å². The van der Waals surface area contributed by atoms with Crippen LogP contribution in [0.2, 0.25) is 0 Å². The van der Waals surface area contributed by atoms with Crippen molar-refractivity contribution in [2.24, 2.45) is 0 Å². The number of hydrogen-bond acceptors (Lipinski definition) is 1. The zero-order valence-corrected chi connectivity index (χ0v) is 23.3. The van der Waals surface area contributed by atoms with Crippen LogP contribution >= 0.6 is 0 Å². The molecule has 1 N–H and O–H groups in total. The van der Waals surface area contributed by atoms with Crippen molar-refractivity contribution in [3.63, 3.8) is 0 Å². The lowest BCUT2D eigenvalue weighted by atomic mass is 9.90. The predicted octanol–water partition coefficient (Wildman–Crippen LogP) is 7.55. The number of nitrogens with one attached hydrogen (secondary N) is 1. The van der Waals surface area contributed by atoms with Gasteiger partial charge >= 0.3 is 0 Å². The predicted molar refractivity (Wildman–Crippen MR) is 160 cm³/mol. The highest BCUT2D eigenvalue weighted by Crippen LogP contribution is 2.36. The standard InChI is InChI=1S/C36H39N2/c1-24(2)28-19-12-20-29(25(3)4)35(28)37-36(30-17-9-7-14-26(30)5)34-23-13-22-33(38(34)6)32-21-11-16-27-15-8-10-18-31(27)32/h7-14,16-25,36-37H,6,15H2,1-5H3/q+1. The molecular weight excluding hydrogens is 460 g/mol. The summed E-state index contributed by atoms with van der Waals surface area (Å²) in [5.41, 5.74) is 8.95. The lowest BCUT2D eigenvalue weighted by Gasteiger charge is -2.26. The van der Waals surface area contributed by atoms with E-state index >= 15 is 0 Å². The third-order valence-corrected chi connectivity index (χ3v) is 7.79. The summed E-state index contributed by atoms with van der Waals surface area (Å²) in [5.74, 6) is 0.817. The number of allylic oxidation sites excluding steroid dienone is 2. The first-order chi connectivity index (χ1) is 18.4. The largest absolute Gasteiger partial charge is 0.369 e. The Balaban J connectivity index is 1.80. The quantitative estimate of drug-likeness (QED) is 0.271. The van der Waals surface area contributed by atoms with E-state index in [0.29, 0.717) is 11.8 Å². The minimum Gasteiger partial charge on any atom is -0.369 e. The molecule has 2 heteroatoms. The van der Waals surface area contributed by atoms with Gasteiger partial charge in [-0.3, -0.25) is 0 Å². The Hall–Kier alpha value is -3.91. The van der Waals surface area contributed by atoms with Gasteiger partial charge in [-0.15, -0.1) is 0 Å². The highest BCUT2D eigenvalue weighted by atomic mass is 15.0. The van der Waals surface area contributed by atoms with E-state index in [1.54, 1.807) is 0 Å². The highest BCUT2D eigenvalue weighted by Gasteiger charge is 2.26. The molecule has 0 saturated heterocycles. The average Bonchev–Trinajstić information content (AvgIpc) is 2.92. The fourth-order valence-corrected chi connectivity index (χ4v) is 5.70. The monoisotopic (exact) mass is 499 g/mol. The van der Waals surface area contributed by atoms with Crippen LogP contribution in [0, 0.1) is 24.2 Å². The van der Waals surface area contributed by atoms with Gasteiger partial charge in [0, 0.05) is 17.8 Å². The molecule has 192 valence electrons. The maximum absolute atomic E-state index is 4.62. The van der Waals surface area contributed by atoms with Gasteiger partial charge < -0.3 is 5.32 Å². The molecule has 0 radical (unpaired) electrons. The van der Waals surface area contributed by atoms with Gasteiger partial charge in [0.15, 0.2) is 0 Å². The van der Waals surface area contributed by atoms with E-state index < -0.39 is 0 Å². The van der Waals surface area contributed by atoms with Gasteiger partial charge in [-0.05, 0) is 70.3 Å². The molecule has 1 aliphatic rings. The second kappa shape index (κ2) is 10.8. The van der Waals surface area contributed by atoms with Crippen LogP contribution in [0.3, 0.4) is 0 Å². The third-order valence-electron chi connectivity index (χ3n) is 7.79. The lowest BCUT2D eigenvalue weighted by Crippen LogP contribution is -2.31. The van der Waals surface area contributed by atoms with Gasteiger partial charge in [0.1, 0.15) is 12.8 Å². The summed E-state index contributed by atoms with van der Waals surface area (Å²) in [6.07, 6.45) is 7.58. The highest BCUT2D eigenvalue weighted by molar-refractivity contribution is 5.62. The van der Waals surface area contributed by atoms with Gasteiger partial charge in [-0.2, -0.15) is 4.24 Å². The smallest absolute Gasteiger partial charge is 0.218 e. The molecule has 0 aliphatic heterocycles. The minimum atomic E-state index is -0.0607. The van der Waals surface area contributed by atoms with Crippen molar-refractivity contribution < 1.29 is 4.24 Å². The Kier molecular flexibility index (Phi) is 7.33. The second-order valence-electron chi connectivity index (χ2n) is 11.0. The van der Waals surface area contributed by atoms with Crippen LogP contribution in [0.1, 0.15) is 79.1 Å². The first-order valence-electron chi connectivity index (χ1n) is 13.8. The molecule has 1 unspecified atom stereocenters. The van der Waals surface area contributed by atoms with Gasteiger partial charge in [-0.1, -0.05) is 101 Å². The fourth-order valence-electron chi connectivity index (χ4n) is 5.70. The number of anilines is 1. The van der Waals surface area contributed by atoms with Crippen LogP contribution in [-0.2, 0) is 6.42 Å². The molecular formula is C36H39N2+. The number of hydrogen-bond donors (Lipinski definition) is 1. The molecule has 1 atom stereocenters. The zero-order chi connectivity index (χ0) is 26.8. The second-order valence-corrected chi connectivity index (χ2v) is 11.0. The lowest BCUT2D eigenvalue weighted by molar-refractivity contribution is -0.520. The zero-order valence-electron chi connectivity index (χ0n) is 23.3. The SMILES string of the molecule is C=[n+]1c(C(Nc2c(C(C)C)cccc2C(C)C)c2ccccc2C)cccc1=c1cccc2c1=CC=CC2. The average molecular weight is 500 g/mol. The summed E-state index contributed by atoms with van der Waals surface area (Å²) in [6.45, 7) is 15.9. The van der Waals surface area contributed by atoms with Crippen molar-refractivity contribution in [3.05, 3.63) is 147 Å². The molecule has 1 heterocycles. The van der Waals surface area contributed by atoms with Crippen molar-refractivity contribution in [1.82, 2.24) is 0 Å². The number of rotatable bonds is 6. The van der Waals surface area contributed by atoms with E-state index in [9.17, 15) is 0 Å². The van der Waals surface area contributed by atoms with E-state index in [1.807, 2.05) is 0 Å². The molecule has 0 bridgehead atoms. The Morgan fingerprint density at radius 3 is 2.13 bits per heavy atom. The summed E-state index contributed by atoms with van der Waals surface area (Å²) >= 11 is 0. The summed E-state index contributed by atoms with van der Waals surface area (Å²) in [4.78, 5) is 0. The fraction of sp³-hybridized carbons (Fsp3) is 0.250. The van der Waals surface area contributed by atoms with Gasteiger partial charge in [0.25, 0.3) is 0 Å². The Morgan fingerprint density at radius 2 is 1.42 bits per heavy atom. The van der Waals surface area contributed by atoms with Gasteiger partial charge in [0.2, 0.25) is 11.0 Å². The van der Waals surface area contributed by atoms with Crippen molar-refractivity contribution in [2.75, 3.05) is 5.32 Å². The van der Waals surface area contributed by atoms with Crippen molar-refractivity contribution in [1.29, 1.82) is 0 Å². The van der Waals surface area contributed by atoms with Crippen LogP contribution < -0.4 is 14.8 Å². The van der Waals surface area contributed by atoms with Crippen molar-refractivity contribution in [2.45, 2.75) is 58.9 Å². The molecule has 0 fully saturated rings. The molecule has 38 heavy (non-hydrogen) atoms. The molecule has 1 aromatic heterocycles. The number of pyridine rings is 1. The van der Waals surface area contributed by atoms with Crippen LogP contribution in [0.4, 0.5) is 5.69 Å². The summed E-state index contributed by atoms with van der Waals surface area (Å²) in [7, 11) is 0. The van der Waals surface area contributed by atoms with Crippen LogP contribution in [-0.4, -0.2) is 0 Å². The van der Waals surface area contributed by atoms with Crippen LogP contribution in [0.25, 0.3) is 6.08 Å². The van der Waals surface area contributed by atoms with E-state index in [4.69, 9.17) is 0 Å². The number of nitrogens with zero attached hydrogens (tertiary/aromatic N) is 1. The van der Waals surface area contributed by atoms with Gasteiger partial charge in [-0.25, -0.2) is 0 Å². The molecule has 3 aromatic carbocycles. The summed E-state index contributed by atoms with van der Waals surface area (Å²) in [6, 6.07) is 28.6. The number of aryl methyl sites for hydroxylation is 1. The Bertz CT molecular complexity index is 1680. The number of para-hydroxylation sites is 1. The molecule has 0 spiro atoms. The van der Waals surface area contributed by atoms with E-state index in [1.165, 1.54) is 43.9 Å². The topological polar surface area (TPSA) is 17.9 Å². The first kappa shape index (κ1) is 25.7. The third kappa shape index (κ3) is 4.84. The number of benzene rings is 3. The number of fused-ring (bicyclic) bond motifs is 1. The van der Waals surface area contributed by atoms with E-state index in [-0.39, 0.29) is 6.04 Å². The van der Waals surface area contributed by atoms with Crippen molar-refractivity contribution in [3.8, 4) is 0 Å². The minimum absolute atomic E-state index is 0.0607. The maximum atomic E-state index is 4.62. The van der Waals surface area contributed by atoms with Gasteiger partial charge in [0.05, 0.1) is 5.22 Å². The normalized spacial score (nSPS) is 14.3. The van der Waals surface area contributed by atoms with Crippen molar-refractivity contribution >= 4 is 11.8 Å². The molecule has 2 nitrogen and oxygen atoms in total. The van der Waals surface area contributed by atoms with E-state index in [2.05, 4.69) is 148 Å². The Morgan fingerprint density at radius 1 is 0.763 bits per heavy atom. The van der Waals surface area contributed by atoms with Crippen LogP contribution in [0.15, 0.2) is 91.0 Å². The first-order valence-corrected chi connectivity index (χ1v) is 13.8. The maximum Gasteiger partial charge on any atom is 0.218 e. The van der Waals surface area contributed by atoms with E-state index in [0.717, 1.165) is 17.5 Å². The molecule has 1 aliphatic carbocycles. The molecule has 5 rings (SSSR count). The van der Waals surface area contributed by atoms with Crippen LogP contribution in [0.5, 0.6) is 0 Å². The summed E-state index contributed by atoms with van der Waals surface area (Å²) in [5, 5.41) is 7.68. The molecule has 4 aromatic rings.